The van der Waals surface area contributed by atoms with Gasteiger partial charge in [0, 0.05) is 82.6 Å². The molecular weight excluding hydrogens is 917 g/mol. The highest BCUT2D eigenvalue weighted by molar-refractivity contribution is 5.69. The van der Waals surface area contributed by atoms with Gasteiger partial charge in [0.05, 0.1) is 25.3 Å². The summed E-state index contributed by atoms with van der Waals surface area (Å²) >= 11 is 0. The molecule has 0 aliphatic carbocycles. The van der Waals surface area contributed by atoms with Crippen LogP contribution in [0.25, 0.3) is 20.9 Å². The minimum absolute atomic E-state index is 0.186. The Kier molecular flexibility index (Phi) is 19.2. The molecule has 0 fully saturated rings. The molecule has 0 amide bonds. The third-order valence-electron chi connectivity index (χ3n) is 9.28. The third kappa shape index (κ3) is 15.3. The molecule has 16 nitrogen and oxygen atoms in total. The summed E-state index contributed by atoms with van der Waals surface area (Å²) in [5.41, 5.74) is 21.4. The van der Waals surface area contributed by atoms with E-state index in [1.165, 1.54) is 12.1 Å². The Bertz CT molecular complexity index is 2620. The number of aliphatic hydroxyl groups excluding tert-OH is 2. The lowest BCUT2D eigenvalue weighted by molar-refractivity contribution is -0.0692. The molecule has 6 rings (SSSR count). The van der Waals surface area contributed by atoms with E-state index in [9.17, 15) is 45.3 Å². The maximum Gasteiger partial charge on any atom is 0.387 e. The van der Waals surface area contributed by atoms with Crippen LogP contribution in [0.1, 0.15) is 34.4 Å². The molecule has 6 aromatic rings. The Balaban J connectivity index is 0.000000254. The Morgan fingerprint density at radius 1 is 0.544 bits per heavy atom. The van der Waals surface area contributed by atoms with Crippen LogP contribution >= 0.6 is 0 Å². The number of pyridine rings is 2. The van der Waals surface area contributed by atoms with Crippen LogP contribution in [-0.2, 0) is 13.1 Å². The molecule has 2 unspecified atom stereocenters. The van der Waals surface area contributed by atoms with Gasteiger partial charge in [-0.3, -0.25) is 9.97 Å². The highest BCUT2D eigenvalue weighted by Gasteiger charge is 2.22. The van der Waals surface area contributed by atoms with Crippen LogP contribution < -0.4 is 28.7 Å². The number of nitrogens with zero attached hydrogens (tertiary/aromatic N) is 10. The summed E-state index contributed by atoms with van der Waals surface area (Å²) in [5, 5.41) is 26.8. The summed E-state index contributed by atoms with van der Waals surface area (Å²) in [5.74, 6) is -2.22. The second-order valence-electron chi connectivity index (χ2n) is 13.7. The molecule has 0 spiro atoms. The van der Waals surface area contributed by atoms with Gasteiger partial charge < -0.3 is 39.0 Å². The van der Waals surface area contributed by atoms with E-state index in [4.69, 9.17) is 11.1 Å². The van der Waals surface area contributed by atoms with Crippen molar-refractivity contribution in [1.29, 1.82) is 0 Å². The van der Waals surface area contributed by atoms with Crippen LogP contribution in [-0.4, -0.2) is 59.8 Å². The number of hydrogen-bond acceptors (Lipinski definition) is 12. The van der Waals surface area contributed by atoms with Crippen molar-refractivity contribution in [3.63, 3.8) is 0 Å². The standard InChI is InChI=1S/2C22H19F4N5O3/c23-21(24)33-19-7-6-17(10-20(19)34-22(25)26)31(13-14-3-2-8-28-11-14)16-5-1-4-15(9-16)18(32)12-29-30-27;23-21(24)33-19-7-6-17(10-20(19)34-22(25)26)31(12-14-3-2-8-28-11-14)16-5-1-4-15(9-16)18(13-32)29-30-27/h2*1-11,18,21-22,32H,12-13H2. The number of anilines is 4. The number of benzene rings is 4. The molecule has 2 aromatic heterocycles. The molecule has 2 heterocycles. The Labute approximate surface area is 381 Å². The number of aromatic nitrogens is 2. The number of ether oxygens (including phenoxy) is 4. The summed E-state index contributed by atoms with van der Waals surface area (Å²) in [6.45, 7) is -13.2. The first-order valence-electron chi connectivity index (χ1n) is 19.7. The summed E-state index contributed by atoms with van der Waals surface area (Å²) in [6.07, 6.45) is 5.32. The highest BCUT2D eigenvalue weighted by Crippen LogP contribution is 2.40. The van der Waals surface area contributed by atoms with Gasteiger partial charge in [-0.15, -0.1) is 0 Å². The fourth-order valence-electron chi connectivity index (χ4n) is 6.39. The van der Waals surface area contributed by atoms with Crippen LogP contribution in [0, 0.1) is 0 Å². The average molecular weight is 955 g/mol. The van der Waals surface area contributed by atoms with E-state index in [1.54, 1.807) is 107 Å². The molecule has 0 saturated heterocycles. The van der Waals surface area contributed by atoms with Crippen molar-refractivity contribution < 1.29 is 64.3 Å². The fraction of sp³-hybridized carbons (Fsp3) is 0.227. The number of halogens is 8. The maximum atomic E-state index is 12.9. The van der Waals surface area contributed by atoms with Crippen LogP contribution in [0.15, 0.2) is 144 Å². The fourth-order valence-corrected chi connectivity index (χ4v) is 6.39. The second kappa shape index (κ2) is 25.6. The molecule has 0 aliphatic heterocycles. The van der Waals surface area contributed by atoms with Crippen molar-refractivity contribution in [2.45, 2.75) is 51.7 Å². The molecule has 4 aromatic carbocycles. The first kappa shape index (κ1) is 51.0. The second-order valence-corrected chi connectivity index (χ2v) is 13.7. The lowest BCUT2D eigenvalue weighted by Crippen LogP contribution is -2.18. The van der Waals surface area contributed by atoms with E-state index in [0.717, 1.165) is 35.4 Å². The molecule has 356 valence electrons. The highest BCUT2D eigenvalue weighted by atomic mass is 19.3. The van der Waals surface area contributed by atoms with Gasteiger partial charge in [0.1, 0.15) is 0 Å². The SMILES string of the molecule is [N-]=[N+]=NC(CO)c1cccc(N(Cc2cccnc2)c2ccc(OC(F)F)c(OC(F)F)c2)c1.[N-]=[N+]=NCC(O)c1cccc(N(Cc2cccnc2)c2ccc(OC(F)F)c(OC(F)F)c2)c1. The van der Waals surface area contributed by atoms with Gasteiger partial charge >= 0.3 is 26.4 Å². The summed E-state index contributed by atoms with van der Waals surface area (Å²) in [4.78, 5) is 16.9. The van der Waals surface area contributed by atoms with Crippen LogP contribution in [0.5, 0.6) is 23.0 Å². The van der Waals surface area contributed by atoms with Gasteiger partial charge in [0.2, 0.25) is 0 Å². The van der Waals surface area contributed by atoms with Crippen molar-refractivity contribution in [2.24, 2.45) is 10.2 Å². The van der Waals surface area contributed by atoms with Crippen molar-refractivity contribution in [2.75, 3.05) is 23.0 Å². The first-order chi connectivity index (χ1) is 32.8. The Morgan fingerprint density at radius 3 is 1.40 bits per heavy atom. The Hall–Kier alpha value is -8.04. The normalized spacial score (nSPS) is 11.7. The van der Waals surface area contributed by atoms with Crippen LogP contribution in [0.2, 0.25) is 0 Å². The van der Waals surface area contributed by atoms with Crippen molar-refractivity contribution in [1.82, 2.24) is 9.97 Å². The molecule has 0 bridgehead atoms. The molecule has 0 saturated carbocycles. The van der Waals surface area contributed by atoms with E-state index >= 15 is 0 Å². The molecule has 0 aliphatic rings. The topological polar surface area (TPSA) is 207 Å². The molecular formula is C44H38F8N10O6. The quantitative estimate of drug-likeness (QED) is 0.0285. The monoisotopic (exact) mass is 954 g/mol. The average Bonchev–Trinajstić information content (AvgIpc) is 3.32. The minimum Gasteiger partial charge on any atom is -0.431 e. The number of rotatable bonds is 22. The van der Waals surface area contributed by atoms with Crippen molar-refractivity contribution >= 4 is 22.7 Å². The molecule has 0 radical (unpaired) electrons. The molecule has 2 atom stereocenters. The van der Waals surface area contributed by atoms with Gasteiger partial charge in [-0.1, -0.05) is 46.6 Å². The number of aliphatic hydroxyl groups is 2. The predicted octanol–water partition coefficient (Wildman–Crippen LogP) is 11.9. The van der Waals surface area contributed by atoms with E-state index in [-0.39, 0.29) is 19.6 Å². The van der Waals surface area contributed by atoms with E-state index in [1.807, 2.05) is 0 Å². The van der Waals surface area contributed by atoms with E-state index in [2.05, 4.69) is 49.0 Å². The number of azide groups is 2. The summed E-state index contributed by atoms with van der Waals surface area (Å²) < 4.78 is 120. The van der Waals surface area contributed by atoms with Crippen molar-refractivity contribution in [3.8, 4) is 23.0 Å². The van der Waals surface area contributed by atoms with E-state index in [0.29, 0.717) is 33.9 Å². The lowest BCUT2D eigenvalue weighted by Gasteiger charge is -2.27. The zero-order chi connectivity index (χ0) is 49.0. The zero-order valence-electron chi connectivity index (χ0n) is 35.0. The van der Waals surface area contributed by atoms with Crippen molar-refractivity contribution in [3.05, 3.63) is 177 Å². The first-order valence-corrected chi connectivity index (χ1v) is 19.7. The van der Waals surface area contributed by atoms with Crippen LogP contribution in [0.3, 0.4) is 0 Å². The minimum atomic E-state index is -3.26. The lowest BCUT2D eigenvalue weighted by atomic mass is 10.1. The smallest absolute Gasteiger partial charge is 0.387 e. The number of alkyl halides is 8. The molecule has 24 heteroatoms. The summed E-state index contributed by atoms with van der Waals surface area (Å²) in [7, 11) is 0. The molecule has 68 heavy (non-hydrogen) atoms. The maximum absolute atomic E-state index is 12.9. The van der Waals surface area contributed by atoms with E-state index < -0.39 is 68.2 Å². The Morgan fingerprint density at radius 2 is 0.985 bits per heavy atom. The molecule has 2 N–H and O–H groups in total. The van der Waals surface area contributed by atoms with Gasteiger partial charge in [-0.25, -0.2) is 0 Å². The van der Waals surface area contributed by atoms with Gasteiger partial charge in [-0.05, 0) is 94.0 Å². The third-order valence-corrected chi connectivity index (χ3v) is 9.28. The number of hydrogen-bond donors (Lipinski definition) is 2. The largest absolute Gasteiger partial charge is 0.431 e. The van der Waals surface area contributed by atoms with Crippen LogP contribution in [0.4, 0.5) is 57.9 Å². The van der Waals surface area contributed by atoms with Gasteiger partial charge in [0.15, 0.2) is 23.0 Å². The van der Waals surface area contributed by atoms with Gasteiger partial charge in [0.25, 0.3) is 0 Å². The zero-order valence-corrected chi connectivity index (χ0v) is 35.0. The summed E-state index contributed by atoms with van der Waals surface area (Å²) in [6, 6.07) is 26.9. The predicted molar refractivity (Wildman–Crippen MR) is 230 cm³/mol. The van der Waals surface area contributed by atoms with Gasteiger partial charge in [-0.2, -0.15) is 35.1 Å².